The number of hydrogen-bond acceptors (Lipinski definition) is 5. The predicted molar refractivity (Wildman–Crippen MR) is 132 cm³/mol. The molecule has 1 aliphatic heterocycles. The van der Waals surface area contributed by atoms with Crippen molar-refractivity contribution >= 4 is 23.4 Å². The average molecular weight is 466 g/mol. The van der Waals surface area contributed by atoms with Crippen LogP contribution in [0.4, 0.5) is 5.69 Å². The summed E-state index contributed by atoms with van der Waals surface area (Å²) in [4.78, 5) is 45.8. The monoisotopic (exact) mass is 465 g/mol. The maximum atomic E-state index is 13.0. The maximum absolute atomic E-state index is 13.0. The number of nitrogens with one attached hydrogen (secondary N) is 2. The zero-order chi connectivity index (χ0) is 24.3. The van der Waals surface area contributed by atoms with Gasteiger partial charge in [0.15, 0.2) is 0 Å². The lowest BCUT2D eigenvalue weighted by molar-refractivity contribution is -0.131. The van der Waals surface area contributed by atoms with E-state index >= 15 is 0 Å². The van der Waals surface area contributed by atoms with Gasteiger partial charge in [0, 0.05) is 70.2 Å². The molecule has 2 heterocycles. The van der Waals surface area contributed by atoms with Crippen molar-refractivity contribution in [2.24, 2.45) is 5.92 Å². The Bertz CT molecular complexity index is 964. The van der Waals surface area contributed by atoms with Gasteiger partial charge < -0.3 is 20.4 Å². The molecule has 0 bridgehead atoms. The molecule has 0 saturated heterocycles. The Hall–Kier alpha value is -3.26. The number of carbonyl (C=O) groups excluding carboxylic acids is 3. The SMILES string of the molecule is CC(C)CC(=O)N1CCCN(C(=O)CCNC(=O)c2cccnc2)CCNCc2ccccc21. The Morgan fingerprint density at radius 2 is 1.88 bits per heavy atom. The molecule has 0 radical (unpaired) electrons. The zero-order valence-corrected chi connectivity index (χ0v) is 20.1. The fourth-order valence-electron chi connectivity index (χ4n) is 4.02. The van der Waals surface area contributed by atoms with Crippen LogP contribution in [0.1, 0.15) is 49.0 Å². The van der Waals surface area contributed by atoms with Crippen molar-refractivity contribution in [1.82, 2.24) is 20.5 Å². The summed E-state index contributed by atoms with van der Waals surface area (Å²) in [6.07, 6.45) is 4.51. The number of benzene rings is 1. The second kappa shape index (κ2) is 12.8. The molecule has 8 nitrogen and oxygen atoms in total. The molecular weight excluding hydrogens is 430 g/mol. The lowest BCUT2D eigenvalue weighted by Gasteiger charge is -2.27. The number of para-hydroxylation sites is 1. The highest BCUT2D eigenvalue weighted by Gasteiger charge is 2.21. The lowest BCUT2D eigenvalue weighted by atomic mass is 10.1. The number of anilines is 1. The van der Waals surface area contributed by atoms with Crippen LogP contribution in [0.2, 0.25) is 0 Å². The number of rotatable bonds is 6. The average Bonchev–Trinajstić information content (AvgIpc) is 2.87. The lowest BCUT2D eigenvalue weighted by Crippen LogP contribution is -2.40. The van der Waals surface area contributed by atoms with Gasteiger partial charge in [-0.25, -0.2) is 0 Å². The second-order valence-corrected chi connectivity index (χ2v) is 8.93. The summed E-state index contributed by atoms with van der Waals surface area (Å²) in [5, 5.41) is 6.20. The molecule has 1 aliphatic rings. The van der Waals surface area contributed by atoms with E-state index in [2.05, 4.69) is 15.6 Å². The van der Waals surface area contributed by atoms with Gasteiger partial charge in [0.05, 0.1) is 5.56 Å². The van der Waals surface area contributed by atoms with Crippen molar-refractivity contribution in [2.45, 2.75) is 39.7 Å². The molecule has 8 heteroatoms. The Balaban J connectivity index is 1.60. The van der Waals surface area contributed by atoms with Crippen LogP contribution >= 0.6 is 0 Å². The second-order valence-electron chi connectivity index (χ2n) is 8.93. The number of pyridine rings is 1. The molecule has 1 aromatic heterocycles. The van der Waals surface area contributed by atoms with Crippen molar-refractivity contribution in [3.8, 4) is 0 Å². The normalized spacial score (nSPS) is 14.8. The minimum absolute atomic E-state index is 0.00916. The van der Waals surface area contributed by atoms with E-state index in [0.717, 1.165) is 11.3 Å². The molecule has 0 aliphatic carbocycles. The van der Waals surface area contributed by atoms with Crippen molar-refractivity contribution in [3.63, 3.8) is 0 Å². The molecule has 0 fully saturated rings. The Morgan fingerprint density at radius 3 is 2.65 bits per heavy atom. The van der Waals surface area contributed by atoms with Gasteiger partial charge in [-0.1, -0.05) is 32.0 Å². The number of amides is 3. The minimum Gasteiger partial charge on any atom is -0.351 e. The molecule has 3 rings (SSSR count). The zero-order valence-electron chi connectivity index (χ0n) is 20.1. The van der Waals surface area contributed by atoms with Crippen LogP contribution in [0, 0.1) is 5.92 Å². The number of carbonyl (C=O) groups is 3. The fourth-order valence-corrected chi connectivity index (χ4v) is 4.02. The Morgan fingerprint density at radius 1 is 1.06 bits per heavy atom. The van der Waals surface area contributed by atoms with E-state index in [9.17, 15) is 14.4 Å². The predicted octanol–water partition coefficient (Wildman–Crippen LogP) is 2.60. The van der Waals surface area contributed by atoms with Crippen molar-refractivity contribution in [2.75, 3.05) is 37.6 Å². The summed E-state index contributed by atoms with van der Waals surface area (Å²) < 4.78 is 0. The van der Waals surface area contributed by atoms with Crippen LogP contribution in [-0.4, -0.2) is 60.3 Å². The number of nitrogens with zero attached hydrogens (tertiary/aromatic N) is 3. The van der Waals surface area contributed by atoms with Gasteiger partial charge >= 0.3 is 0 Å². The van der Waals surface area contributed by atoms with Crippen LogP contribution in [0.3, 0.4) is 0 Å². The first-order valence-electron chi connectivity index (χ1n) is 12.0. The highest BCUT2D eigenvalue weighted by molar-refractivity contribution is 5.94. The summed E-state index contributed by atoms with van der Waals surface area (Å²) in [5.41, 5.74) is 2.50. The molecule has 0 spiro atoms. The topological polar surface area (TPSA) is 94.6 Å². The number of aromatic nitrogens is 1. The highest BCUT2D eigenvalue weighted by atomic mass is 16.2. The first-order chi connectivity index (χ1) is 16.5. The molecule has 0 atom stereocenters. The first kappa shape index (κ1) is 25.4. The maximum Gasteiger partial charge on any atom is 0.252 e. The summed E-state index contributed by atoms with van der Waals surface area (Å²) in [6, 6.07) is 11.4. The standard InChI is InChI=1S/C26H35N5O3/c1-20(2)17-25(33)31-15-6-14-30(16-13-28-18-21-7-3-4-9-23(21)31)24(32)10-12-29-26(34)22-8-5-11-27-19-22/h3-5,7-9,11,19-20,28H,6,10,12-18H2,1-2H3,(H,29,34). The van der Waals surface area contributed by atoms with Crippen molar-refractivity contribution in [3.05, 3.63) is 59.9 Å². The molecule has 182 valence electrons. The molecule has 3 amide bonds. The molecule has 1 aromatic carbocycles. The third-order valence-electron chi connectivity index (χ3n) is 5.75. The van der Waals surface area contributed by atoms with Gasteiger partial charge in [-0.05, 0) is 36.1 Å². The third-order valence-corrected chi connectivity index (χ3v) is 5.75. The molecule has 2 N–H and O–H groups in total. The molecule has 34 heavy (non-hydrogen) atoms. The van der Waals surface area contributed by atoms with Crippen LogP contribution < -0.4 is 15.5 Å². The largest absolute Gasteiger partial charge is 0.351 e. The quantitative estimate of drug-likeness (QED) is 0.684. The van der Waals surface area contributed by atoms with Gasteiger partial charge in [0.25, 0.3) is 5.91 Å². The van der Waals surface area contributed by atoms with E-state index in [-0.39, 0.29) is 36.6 Å². The van der Waals surface area contributed by atoms with Crippen LogP contribution in [0.25, 0.3) is 0 Å². The van der Waals surface area contributed by atoms with Crippen LogP contribution in [-0.2, 0) is 16.1 Å². The van der Waals surface area contributed by atoms with E-state index < -0.39 is 0 Å². The van der Waals surface area contributed by atoms with Crippen LogP contribution in [0.15, 0.2) is 48.8 Å². The molecule has 0 saturated carbocycles. The fraction of sp³-hybridized carbons (Fsp3) is 0.462. The smallest absolute Gasteiger partial charge is 0.252 e. The van der Waals surface area contributed by atoms with Crippen molar-refractivity contribution < 1.29 is 14.4 Å². The first-order valence-corrected chi connectivity index (χ1v) is 12.0. The summed E-state index contributed by atoms with van der Waals surface area (Å²) >= 11 is 0. The van der Waals surface area contributed by atoms with Gasteiger partial charge in [0.2, 0.25) is 11.8 Å². The van der Waals surface area contributed by atoms with E-state index in [1.807, 2.05) is 47.9 Å². The molecule has 2 aromatic rings. The molecular formula is C26H35N5O3. The van der Waals surface area contributed by atoms with E-state index in [0.29, 0.717) is 51.1 Å². The van der Waals surface area contributed by atoms with Gasteiger partial charge in [0.1, 0.15) is 0 Å². The summed E-state index contributed by atoms with van der Waals surface area (Å²) in [6.45, 7) is 7.34. The Kier molecular flexibility index (Phi) is 9.58. The van der Waals surface area contributed by atoms with Gasteiger partial charge in [-0.2, -0.15) is 0 Å². The number of hydrogen-bond donors (Lipinski definition) is 2. The van der Waals surface area contributed by atoms with Crippen molar-refractivity contribution in [1.29, 1.82) is 0 Å². The van der Waals surface area contributed by atoms with E-state index in [1.165, 1.54) is 6.20 Å². The Labute approximate surface area is 201 Å². The summed E-state index contributed by atoms with van der Waals surface area (Å²) in [7, 11) is 0. The third kappa shape index (κ3) is 7.38. The van der Waals surface area contributed by atoms with Gasteiger partial charge in [-0.15, -0.1) is 0 Å². The molecule has 0 unspecified atom stereocenters. The number of fused-ring (bicyclic) bond motifs is 1. The van der Waals surface area contributed by atoms with Gasteiger partial charge in [-0.3, -0.25) is 19.4 Å². The van der Waals surface area contributed by atoms with Crippen LogP contribution in [0.5, 0.6) is 0 Å². The minimum atomic E-state index is -0.239. The van der Waals surface area contributed by atoms with E-state index in [1.54, 1.807) is 18.3 Å². The summed E-state index contributed by atoms with van der Waals surface area (Å²) in [5.74, 6) is 0.135. The highest BCUT2D eigenvalue weighted by Crippen LogP contribution is 2.23. The van der Waals surface area contributed by atoms with E-state index in [4.69, 9.17) is 0 Å².